The Hall–Kier alpha value is -2.48. The Morgan fingerprint density at radius 3 is 2.60 bits per heavy atom. The molecule has 0 aliphatic carbocycles. The fourth-order valence-electron chi connectivity index (χ4n) is 1.87. The third-order valence-corrected chi connectivity index (χ3v) is 4.22. The van der Waals surface area contributed by atoms with Gasteiger partial charge in [-0.15, -0.1) is 4.40 Å². The highest BCUT2D eigenvalue weighted by Crippen LogP contribution is 2.26. The van der Waals surface area contributed by atoms with Crippen molar-refractivity contribution in [1.82, 2.24) is 9.97 Å². The SMILES string of the molecule is CN1c2nc(-c3ccccc3)cnc2C(N)=NS1(=O)=O. The van der Waals surface area contributed by atoms with Gasteiger partial charge in [0.05, 0.1) is 11.9 Å². The first kappa shape index (κ1) is 12.5. The Morgan fingerprint density at radius 2 is 1.90 bits per heavy atom. The zero-order valence-corrected chi connectivity index (χ0v) is 11.4. The number of anilines is 1. The van der Waals surface area contributed by atoms with Crippen LogP contribution in [-0.2, 0) is 10.2 Å². The molecule has 0 fully saturated rings. The predicted molar refractivity (Wildman–Crippen MR) is 75.5 cm³/mol. The van der Waals surface area contributed by atoms with Crippen molar-refractivity contribution in [2.75, 3.05) is 11.4 Å². The lowest BCUT2D eigenvalue weighted by Crippen LogP contribution is -2.35. The van der Waals surface area contributed by atoms with Crippen molar-refractivity contribution < 1.29 is 8.42 Å². The maximum absolute atomic E-state index is 11.8. The monoisotopic (exact) mass is 289 g/mol. The van der Waals surface area contributed by atoms with Crippen LogP contribution in [0.4, 0.5) is 5.82 Å². The van der Waals surface area contributed by atoms with Crippen molar-refractivity contribution >= 4 is 21.9 Å². The van der Waals surface area contributed by atoms with Gasteiger partial charge in [0, 0.05) is 12.6 Å². The van der Waals surface area contributed by atoms with Gasteiger partial charge in [0.2, 0.25) is 0 Å². The summed E-state index contributed by atoms with van der Waals surface area (Å²) in [6, 6.07) is 9.35. The number of benzene rings is 1. The third-order valence-electron chi connectivity index (χ3n) is 2.92. The molecule has 2 aromatic rings. The first-order chi connectivity index (χ1) is 9.49. The molecule has 1 aliphatic rings. The van der Waals surface area contributed by atoms with Crippen molar-refractivity contribution in [3.8, 4) is 11.3 Å². The van der Waals surface area contributed by atoms with E-state index in [0.29, 0.717) is 5.69 Å². The second kappa shape index (κ2) is 4.27. The maximum atomic E-state index is 11.8. The highest BCUT2D eigenvalue weighted by Gasteiger charge is 2.30. The van der Waals surface area contributed by atoms with E-state index < -0.39 is 10.2 Å². The molecule has 1 aromatic heterocycles. The number of nitrogens with zero attached hydrogens (tertiary/aromatic N) is 4. The zero-order valence-electron chi connectivity index (χ0n) is 10.6. The van der Waals surface area contributed by atoms with Gasteiger partial charge in [-0.25, -0.2) is 14.3 Å². The lowest BCUT2D eigenvalue weighted by molar-refractivity contribution is 0.595. The van der Waals surface area contributed by atoms with Crippen LogP contribution in [0.15, 0.2) is 40.9 Å². The zero-order chi connectivity index (χ0) is 14.3. The van der Waals surface area contributed by atoms with Gasteiger partial charge in [-0.2, -0.15) is 8.42 Å². The van der Waals surface area contributed by atoms with E-state index >= 15 is 0 Å². The van der Waals surface area contributed by atoms with Crippen LogP contribution in [0.1, 0.15) is 5.69 Å². The maximum Gasteiger partial charge on any atom is 0.347 e. The van der Waals surface area contributed by atoms with E-state index in [-0.39, 0.29) is 17.3 Å². The first-order valence-corrected chi connectivity index (χ1v) is 7.16. The van der Waals surface area contributed by atoms with Gasteiger partial charge >= 0.3 is 10.2 Å². The van der Waals surface area contributed by atoms with Gasteiger partial charge in [-0.1, -0.05) is 30.3 Å². The summed E-state index contributed by atoms with van der Waals surface area (Å²) in [4.78, 5) is 8.50. The van der Waals surface area contributed by atoms with Crippen LogP contribution in [0.25, 0.3) is 11.3 Å². The standard InChI is InChI=1S/C12H11N5O2S/c1-17-12-10(11(13)16-20(17,18)19)14-7-9(15-12)8-5-3-2-4-6-8/h2-7H,1H3,(H2,13,16). The van der Waals surface area contributed by atoms with Gasteiger partial charge in [-0.3, -0.25) is 0 Å². The normalized spacial score (nSPS) is 16.4. The molecule has 0 spiro atoms. The second-order valence-corrected chi connectivity index (χ2v) is 5.84. The summed E-state index contributed by atoms with van der Waals surface area (Å²) in [5, 5.41) is 0. The molecule has 0 bridgehead atoms. The molecule has 3 rings (SSSR count). The summed E-state index contributed by atoms with van der Waals surface area (Å²) in [6.45, 7) is 0. The molecule has 2 N–H and O–H groups in total. The van der Waals surface area contributed by atoms with E-state index in [0.717, 1.165) is 9.87 Å². The van der Waals surface area contributed by atoms with Crippen molar-refractivity contribution in [3.05, 3.63) is 42.2 Å². The van der Waals surface area contributed by atoms with Gasteiger partial charge < -0.3 is 5.73 Å². The number of rotatable bonds is 1. The Labute approximate surface area is 116 Å². The minimum absolute atomic E-state index is 0.148. The third kappa shape index (κ3) is 1.90. The van der Waals surface area contributed by atoms with Gasteiger partial charge in [-0.05, 0) is 0 Å². The Kier molecular flexibility index (Phi) is 2.68. The minimum atomic E-state index is -3.83. The molecule has 8 heteroatoms. The summed E-state index contributed by atoms with van der Waals surface area (Å²) in [5.41, 5.74) is 7.29. The molecule has 0 radical (unpaired) electrons. The molecule has 7 nitrogen and oxygen atoms in total. The van der Waals surface area contributed by atoms with E-state index in [2.05, 4.69) is 14.4 Å². The summed E-state index contributed by atoms with van der Waals surface area (Å²) in [6.07, 6.45) is 1.54. The van der Waals surface area contributed by atoms with Gasteiger partial charge in [0.25, 0.3) is 0 Å². The first-order valence-electron chi connectivity index (χ1n) is 5.76. The smallest absolute Gasteiger partial charge is 0.347 e. The number of nitrogens with two attached hydrogens (primary N) is 1. The molecule has 0 atom stereocenters. The number of aromatic nitrogens is 2. The number of hydrogen-bond donors (Lipinski definition) is 1. The van der Waals surface area contributed by atoms with Gasteiger partial charge in [0.15, 0.2) is 11.7 Å². The number of fused-ring (bicyclic) bond motifs is 1. The molecule has 0 saturated heterocycles. The molecule has 2 heterocycles. The van der Waals surface area contributed by atoms with E-state index in [1.54, 1.807) is 6.20 Å². The summed E-state index contributed by atoms with van der Waals surface area (Å²) >= 11 is 0. The topological polar surface area (TPSA) is 102 Å². The molecule has 0 unspecified atom stereocenters. The molecule has 0 amide bonds. The second-order valence-electron chi connectivity index (χ2n) is 4.22. The fraction of sp³-hybridized carbons (Fsp3) is 0.0833. The van der Waals surface area contributed by atoms with Crippen molar-refractivity contribution in [2.24, 2.45) is 10.1 Å². The molecule has 1 aromatic carbocycles. The molecule has 1 aliphatic heterocycles. The molecular weight excluding hydrogens is 278 g/mol. The van der Waals surface area contributed by atoms with Crippen LogP contribution in [0.5, 0.6) is 0 Å². The van der Waals surface area contributed by atoms with Crippen LogP contribution < -0.4 is 10.0 Å². The molecule has 0 saturated carbocycles. The van der Waals surface area contributed by atoms with Crippen LogP contribution in [0.3, 0.4) is 0 Å². The van der Waals surface area contributed by atoms with Crippen LogP contribution >= 0.6 is 0 Å². The Morgan fingerprint density at radius 1 is 1.20 bits per heavy atom. The van der Waals surface area contributed by atoms with E-state index in [1.807, 2.05) is 30.3 Å². The van der Waals surface area contributed by atoms with Crippen molar-refractivity contribution in [1.29, 1.82) is 0 Å². The van der Waals surface area contributed by atoms with E-state index in [1.165, 1.54) is 7.05 Å². The lowest BCUT2D eigenvalue weighted by atomic mass is 10.1. The predicted octanol–water partition coefficient (Wildman–Crippen LogP) is 0.544. The minimum Gasteiger partial charge on any atom is -0.381 e. The molecule has 20 heavy (non-hydrogen) atoms. The average molecular weight is 289 g/mol. The Balaban J connectivity index is 2.20. The highest BCUT2D eigenvalue weighted by molar-refractivity contribution is 7.91. The summed E-state index contributed by atoms with van der Waals surface area (Å²) in [5.74, 6) is 0.0315. The van der Waals surface area contributed by atoms with E-state index in [9.17, 15) is 8.42 Å². The summed E-state index contributed by atoms with van der Waals surface area (Å²) < 4.78 is 28.0. The fourth-order valence-corrected chi connectivity index (χ4v) is 2.67. The van der Waals surface area contributed by atoms with Crippen LogP contribution in [-0.4, -0.2) is 31.3 Å². The van der Waals surface area contributed by atoms with Crippen LogP contribution in [0.2, 0.25) is 0 Å². The lowest BCUT2D eigenvalue weighted by Gasteiger charge is -2.22. The largest absolute Gasteiger partial charge is 0.381 e. The van der Waals surface area contributed by atoms with Crippen molar-refractivity contribution in [2.45, 2.75) is 0 Å². The van der Waals surface area contributed by atoms with Gasteiger partial charge in [0.1, 0.15) is 5.69 Å². The van der Waals surface area contributed by atoms with Crippen LogP contribution in [0, 0.1) is 0 Å². The van der Waals surface area contributed by atoms with Crippen molar-refractivity contribution in [3.63, 3.8) is 0 Å². The quantitative estimate of drug-likeness (QED) is 0.825. The highest BCUT2D eigenvalue weighted by atomic mass is 32.2. The summed E-state index contributed by atoms with van der Waals surface area (Å²) in [7, 11) is -2.46. The number of hydrogen-bond acceptors (Lipinski definition) is 5. The molecular formula is C12H11N5O2S. The van der Waals surface area contributed by atoms with E-state index in [4.69, 9.17) is 5.73 Å². The Bertz CT molecular complexity index is 802. The average Bonchev–Trinajstić information content (AvgIpc) is 2.45. The molecule has 102 valence electrons. The number of amidine groups is 1.